The van der Waals surface area contributed by atoms with Crippen LogP contribution in [0.5, 0.6) is 11.5 Å². The number of carbonyl (C=O) groups excluding carboxylic acids is 1. The van der Waals surface area contributed by atoms with Crippen LogP contribution >= 0.6 is 0 Å². The molecular weight excluding hydrogens is 366 g/mol. The molecule has 0 aliphatic heterocycles. The smallest absolute Gasteiger partial charge is 0.308 e. The molecule has 144 valence electrons. The molecule has 0 aliphatic carbocycles. The Bertz CT molecular complexity index is 1140. The Hall–Kier alpha value is -3.93. The summed E-state index contributed by atoms with van der Waals surface area (Å²) in [5, 5.41) is 4.73. The van der Waals surface area contributed by atoms with Crippen molar-refractivity contribution in [1.29, 1.82) is 0 Å². The predicted octanol–water partition coefficient (Wildman–Crippen LogP) is 4.54. The van der Waals surface area contributed by atoms with Gasteiger partial charge in [0, 0.05) is 12.5 Å². The van der Waals surface area contributed by atoms with Gasteiger partial charge in [-0.25, -0.2) is 9.67 Å². The predicted molar refractivity (Wildman–Crippen MR) is 110 cm³/mol. The van der Waals surface area contributed by atoms with Crippen molar-refractivity contribution < 1.29 is 14.3 Å². The molecule has 0 saturated carbocycles. The molecule has 4 aromatic rings. The second kappa shape index (κ2) is 7.98. The summed E-state index contributed by atoms with van der Waals surface area (Å²) in [5.41, 5.74) is 2.39. The van der Waals surface area contributed by atoms with E-state index in [1.165, 1.54) is 6.92 Å². The third-order valence-corrected chi connectivity index (χ3v) is 4.34. The molecule has 6 nitrogen and oxygen atoms in total. The number of benzene rings is 3. The number of hydrogen-bond acceptors (Lipinski definition) is 5. The third kappa shape index (κ3) is 3.87. The van der Waals surface area contributed by atoms with E-state index in [4.69, 9.17) is 19.6 Å². The fourth-order valence-corrected chi connectivity index (χ4v) is 2.99. The zero-order chi connectivity index (χ0) is 20.2. The molecule has 4 rings (SSSR count). The molecule has 1 aromatic heterocycles. The number of carbonyl (C=O) groups is 1. The lowest BCUT2D eigenvalue weighted by molar-refractivity contribution is -0.131. The second-order valence-electron chi connectivity index (χ2n) is 6.32. The second-order valence-corrected chi connectivity index (χ2v) is 6.32. The van der Waals surface area contributed by atoms with Gasteiger partial charge in [-0.15, -0.1) is 5.10 Å². The highest BCUT2D eigenvalue weighted by Gasteiger charge is 2.19. The Morgan fingerprint density at radius 1 is 0.897 bits per heavy atom. The molecule has 0 unspecified atom stereocenters. The first-order valence-electron chi connectivity index (χ1n) is 9.10. The SMILES string of the molecule is COc1ccc(-c2nc(-c3ccccc3OC(C)=O)n(-c3ccccc3)n2)cc1. The minimum Gasteiger partial charge on any atom is -0.497 e. The monoisotopic (exact) mass is 385 g/mol. The summed E-state index contributed by atoms with van der Waals surface area (Å²) >= 11 is 0. The standard InChI is InChI=1S/C23H19N3O3/c1-16(27)29-21-11-7-6-10-20(21)23-24-22(17-12-14-19(28-2)15-13-17)25-26(23)18-8-4-3-5-9-18/h3-15H,1-2H3. The van der Waals surface area contributed by atoms with Gasteiger partial charge >= 0.3 is 5.97 Å². The molecule has 0 bridgehead atoms. The van der Waals surface area contributed by atoms with Crippen molar-refractivity contribution in [2.24, 2.45) is 0 Å². The van der Waals surface area contributed by atoms with E-state index in [1.807, 2.05) is 72.8 Å². The largest absolute Gasteiger partial charge is 0.497 e. The highest BCUT2D eigenvalue weighted by Crippen LogP contribution is 2.32. The Balaban J connectivity index is 1.89. The van der Waals surface area contributed by atoms with E-state index in [0.29, 0.717) is 23.0 Å². The molecule has 0 fully saturated rings. The number of esters is 1. The summed E-state index contributed by atoms with van der Waals surface area (Å²) in [4.78, 5) is 16.3. The van der Waals surface area contributed by atoms with Crippen LogP contribution in [0.2, 0.25) is 0 Å². The zero-order valence-corrected chi connectivity index (χ0v) is 16.1. The quantitative estimate of drug-likeness (QED) is 0.373. The molecule has 3 aromatic carbocycles. The Morgan fingerprint density at radius 2 is 1.59 bits per heavy atom. The van der Waals surface area contributed by atoms with Crippen molar-refractivity contribution >= 4 is 5.97 Å². The molecule has 0 aliphatic rings. The summed E-state index contributed by atoms with van der Waals surface area (Å²) in [6, 6.07) is 24.6. The lowest BCUT2D eigenvalue weighted by Gasteiger charge is -2.09. The van der Waals surface area contributed by atoms with Crippen molar-refractivity contribution in [2.45, 2.75) is 6.92 Å². The number of hydrogen-bond donors (Lipinski definition) is 0. The fraction of sp³-hybridized carbons (Fsp3) is 0.0870. The normalized spacial score (nSPS) is 10.6. The van der Waals surface area contributed by atoms with Crippen molar-refractivity contribution in [2.75, 3.05) is 7.11 Å². The van der Waals surface area contributed by atoms with E-state index < -0.39 is 5.97 Å². The maximum absolute atomic E-state index is 11.6. The Morgan fingerprint density at radius 3 is 2.28 bits per heavy atom. The van der Waals surface area contributed by atoms with Gasteiger partial charge in [-0.3, -0.25) is 4.79 Å². The van der Waals surface area contributed by atoms with E-state index in [0.717, 1.165) is 17.0 Å². The topological polar surface area (TPSA) is 66.2 Å². The summed E-state index contributed by atoms with van der Waals surface area (Å²) in [6.45, 7) is 1.38. The van der Waals surface area contributed by atoms with E-state index in [1.54, 1.807) is 17.9 Å². The fourth-order valence-electron chi connectivity index (χ4n) is 2.99. The average Bonchev–Trinajstić information content (AvgIpc) is 3.20. The van der Waals surface area contributed by atoms with Gasteiger partial charge in [0.15, 0.2) is 11.6 Å². The van der Waals surface area contributed by atoms with Gasteiger partial charge in [0.05, 0.1) is 18.4 Å². The molecule has 0 saturated heterocycles. The first-order chi connectivity index (χ1) is 14.2. The van der Waals surface area contributed by atoms with Crippen LogP contribution in [-0.4, -0.2) is 27.8 Å². The number of para-hydroxylation sites is 2. The Labute approximate surface area is 168 Å². The van der Waals surface area contributed by atoms with E-state index >= 15 is 0 Å². The van der Waals surface area contributed by atoms with Crippen molar-refractivity contribution in [3.8, 4) is 40.0 Å². The molecule has 6 heteroatoms. The number of aromatic nitrogens is 3. The lowest BCUT2D eigenvalue weighted by atomic mass is 10.1. The van der Waals surface area contributed by atoms with Crippen LogP contribution in [0.1, 0.15) is 6.92 Å². The minimum absolute atomic E-state index is 0.390. The van der Waals surface area contributed by atoms with E-state index in [-0.39, 0.29) is 0 Å². The summed E-state index contributed by atoms with van der Waals surface area (Å²) in [5.74, 6) is 1.95. The van der Waals surface area contributed by atoms with Gasteiger partial charge in [-0.05, 0) is 48.5 Å². The van der Waals surface area contributed by atoms with Gasteiger partial charge < -0.3 is 9.47 Å². The van der Waals surface area contributed by atoms with E-state index in [2.05, 4.69) is 0 Å². The first kappa shape index (κ1) is 18.4. The summed E-state index contributed by atoms with van der Waals surface area (Å²) in [7, 11) is 1.63. The van der Waals surface area contributed by atoms with Crippen molar-refractivity contribution in [3.63, 3.8) is 0 Å². The number of ether oxygens (including phenoxy) is 2. The number of rotatable bonds is 5. The molecule has 0 radical (unpaired) electrons. The highest BCUT2D eigenvalue weighted by atomic mass is 16.5. The summed E-state index contributed by atoms with van der Waals surface area (Å²) < 4.78 is 12.4. The van der Waals surface area contributed by atoms with Crippen molar-refractivity contribution in [3.05, 3.63) is 78.9 Å². The van der Waals surface area contributed by atoms with Crippen LogP contribution in [0.3, 0.4) is 0 Å². The van der Waals surface area contributed by atoms with Gasteiger partial charge in [0.1, 0.15) is 11.5 Å². The minimum atomic E-state index is -0.390. The molecule has 0 spiro atoms. The average molecular weight is 385 g/mol. The third-order valence-electron chi connectivity index (χ3n) is 4.34. The first-order valence-corrected chi connectivity index (χ1v) is 9.10. The van der Waals surface area contributed by atoms with Gasteiger partial charge in [-0.1, -0.05) is 30.3 Å². The maximum Gasteiger partial charge on any atom is 0.308 e. The van der Waals surface area contributed by atoms with Crippen LogP contribution in [0.15, 0.2) is 78.9 Å². The number of nitrogens with zero attached hydrogens (tertiary/aromatic N) is 3. The van der Waals surface area contributed by atoms with Crippen LogP contribution in [0.4, 0.5) is 0 Å². The molecule has 1 heterocycles. The van der Waals surface area contributed by atoms with Crippen LogP contribution in [0.25, 0.3) is 28.5 Å². The number of methoxy groups -OCH3 is 1. The van der Waals surface area contributed by atoms with Crippen LogP contribution in [-0.2, 0) is 4.79 Å². The molecule has 29 heavy (non-hydrogen) atoms. The van der Waals surface area contributed by atoms with Crippen LogP contribution in [0, 0.1) is 0 Å². The van der Waals surface area contributed by atoms with Gasteiger partial charge in [0.2, 0.25) is 0 Å². The van der Waals surface area contributed by atoms with Crippen LogP contribution < -0.4 is 9.47 Å². The lowest BCUT2D eigenvalue weighted by Crippen LogP contribution is -2.05. The Kier molecular flexibility index (Phi) is 5.07. The molecular formula is C23H19N3O3. The van der Waals surface area contributed by atoms with Gasteiger partial charge in [0.25, 0.3) is 0 Å². The summed E-state index contributed by atoms with van der Waals surface area (Å²) in [6.07, 6.45) is 0. The molecule has 0 N–H and O–H groups in total. The zero-order valence-electron chi connectivity index (χ0n) is 16.1. The molecule has 0 atom stereocenters. The molecule has 0 amide bonds. The van der Waals surface area contributed by atoms with Gasteiger partial charge in [-0.2, -0.15) is 0 Å². The van der Waals surface area contributed by atoms with E-state index in [9.17, 15) is 4.79 Å². The maximum atomic E-state index is 11.6. The van der Waals surface area contributed by atoms with Crippen molar-refractivity contribution in [1.82, 2.24) is 14.8 Å². The highest BCUT2D eigenvalue weighted by molar-refractivity contribution is 5.75.